The van der Waals surface area contributed by atoms with E-state index in [1.54, 1.807) is 0 Å². The van der Waals surface area contributed by atoms with Crippen LogP contribution in [0.5, 0.6) is 0 Å². The van der Waals surface area contributed by atoms with E-state index in [0.29, 0.717) is 12.5 Å². The summed E-state index contributed by atoms with van der Waals surface area (Å²) in [5.41, 5.74) is 1.19. The highest BCUT2D eigenvalue weighted by atomic mass is 15.1. The lowest BCUT2D eigenvalue weighted by molar-refractivity contribution is 0.262. The molecule has 104 valence electrons. The predicted octanol–water partition coefficient (Wildman–Crippen LogP) is 2.96. The summed E-state index contributed by atoms with van der Waals surface area (Å²) >= 11 is 0. The van der Waals surface area contributed by atoms with Crippen LogP contribution in [0.15, 0.2) is 30.3 Å². The van der Waals surface area contributed by atoms with Crippen molar-refractivity contribution in [2.24, 2.45) is 0 Å². The molecule has 0 fully saturated rings. The molecule has 0 heterocycles. The van der Waals surface area contributed by atoms with Crippen molar-refractivity contribution >= 4 is 0 Å². The number of rotatable bonds is 8. The lowest BCUT2D eigenvalue weighted by Crippen LogP contribution is -2.40. The van der Waals surface area contributed by atoms with Gasteiger partial charge in [-0.1, -0.05) is 44.2 Å². The van der Waals surface area contributed by atoms with Gasteiger partial charge in [0.2, 0.25) is 0 Å². The van der Waals surface area contributed by atoms with Crippen LogP contribution in [0.25, 0.3) is 0 Å². The highest BCUT2D eigenvalue weighted by Crippen LogP contribution is 2.16. The van der Waals surface area contributed by atoms with Crippen LogP contribution in [0.1, 0.15) is 38.8 Å². The summed E-state index contributed by atoms with van der Waals surface area (Å²) in [5, 5.41) is 12.6. The van der Waals surface area contributed by atoms with Crippen LogP contribution in [0.2, 0.25) is 0 Å². The Bertz CT molecular complexity index is 379. The molecule has 2 atom stereocenters. The van der Waals surface area contributed by atoms with E-state index in [-0.39, 0.29) is 6.04 Å². The minimum atomic E-state index is 0.122. The number of hydrogen-bond donors (Lipinski definition) is 1. The van der Waals surface area contributed by atoms with Gasteiger partial charge in [-0.2, -0.15) is 5.26 Å². The normalized spacial score (nSPS) is 14.1. The Morgan fingerprint density at radius 2 is 1.84 bits per heavy atom. The third kappa shape index (κ3) is 5.42. The molecule has 3 nitrogen and oxygen atoms in total. The van der Waals surface area contributed by atoms with Crippen LogP contribution in [-0.4, -0.2) is 30.6 Å². The summed E-state index contributed by atoms with van der Waals surface area (Å²) in [5.74, 6) is 0. The average molecular weight is 259 g/mol. The van der Waals surface area contributed by atoms with Crippen molar-refractivity contribution in [3.05, 3.63) is 35.9 Å². The molecule has 1 aromatic rings. The Balaban J connectivity index is 2.61. The van der Waals surface area contributed by atoms with Gasteiger partial charge in [0.05, 0.1) is 12.5 Å². The van der Waals surface area contributed by atoms with Crippen molar-refractivity contribution in [2.75, 3.05) is 19.6 Å². The van der Waals surface area contributed by atoms with Gasteiger partial charge >= 0.3 is 0 Å². The van der Waals surface area contributed by atoms with Crippen LogP contribution in [0.3, 0.4) is 0 Å². The largest absolute Gasteiger partial charge is 0.305 e. The lowest BCUT2D eigenvalue weighted by Gasteiger charge is -2.27. The van der Waals surface area contributed by atoms with E-state index in [4.69, 9.17) is 5.26 Å². The molecule has 0 aliphatic rings. The number of nitrogens with one attached hydrogen (secondary N) is 1. The van der Waals surface area contributed by atoms with Gasteiger partial charge in [0.1, 0.15) is 0 Å². The van der Waals surface area contributed by atoms with Crippen LogP contribution in [0.4, 0.5) is 0 Å². The van der Waals surface area contributed by atoms with Crippen molar-refractivity contribution in [1.29, 1.82) is 5.26 Å². The minimum Gasteiger partial charge on any atom is -0.305 e. The second kappa shape index (κ2) is 8.68. The second-order valence-corrected chi connectivity index (χ2v) is 4.88. The fourth-order valence-corrected chi connectivity index (χ4v) is 2.31. The van der Waals surface area contributed by atoms with Crippen molar-refractivity contribution in [3.63, 3.8) is 0 Å². The quantitative estimate of drug-likeness (QED) is 0.780. The second-order valence-electron chi connectivity index (χ2n) is 4.88. The summed E-state index contributed by atoms with van der Waals surface area (Å²) in [6.45, 7) is 9.70. The van der Waals surface area contributed by atoms with E-state index < -0.39 is 0 Å². The molecule has 0 aliphatic carbocycles. The molecule has 2 unspecified atom stereocenters. The maximum Gasteiger partial charge on any atom is 0.0641 e. The molecular weight excluding hydrogens is 234 g/mol. The Morgan fingerprint density at radius 1 is 1.21 bits per heavy atom. The molecule has 3 heteroatoms. The summed E-state index contributed by atoms with van der Waals surface area (Å²) < 4.78 is 0. The van der Waals surface area contributed by atoms with Gasteiger partial charge < -0.3 is 10.2 Å². The van der Waals surface area contributed by atoms with E-state index in [9.17, 15) is 0 Å². The molecule has 1 rings (SSSR count). The molecule has 0 spiro atoms. The summed E-state index contributed by atoms with van der Waals surface area (Å²) in [4.78, 5) is 2.39. The fourth-order valence-electron chi connectivity index (χ4n) is 2.31. The smallest absolute Gasteiger partial charge is 0.0641 e. The number of nitrogens with zero attached hydrogens (tertiary/aromatic N) is 2. The molecular formula is C16H25N3. The van der Waals surface area contributed by atoms with Crippen LogP contribution < -0.4 is 5.32 Å². The number of hydrogen-bond acceptors (Lipinski definition) is 3. The first-order valence-electron chi connectivity index (χ1n) is 7.11. The highest BCUT2D eigenvalue weighted by molar-refractivity contribution is 5.20. The first-order valence-corrected chi connectivity index (χ1v) is 7.11. The first kappa shape index (κ1) is 15.7. The van der Waals surface area contributed by atoms with Gasteiger partial charge in [-0.3, -0.25) is 0 Å². The van der Waals surface area contributed by atoms with E-state index in [1.165, 1.54) is 5.56 Å². The molecule has 0 saturated heterocycles. The van der Waals surface area contributed by atoms with E-state index in [1.807, 2.05) is 18.2 Å². The zero-order valence-electron chi connectivity index (χ0n) is 12.3. The predicted molar refractivity (Wildman–Crippen MR) is 79.8 cm³/mol. The standard InChI is InChI=1S/C16H25N3/c1-4-19(5-2)13-14(3)18-16(11-12-17)15-9-7-6-8-10-15/h6-10,14,16,18H,4-5,11,13H2,1-3H3. The van der Waals surface area contributed by atoms with Gasteiger partial charge in [-0.15, -0.1) is 0 Å². The first-order chi connectivity index (χ1) is 9.21. The summed E-state index contributed by atoms with van der Waals surface area (Å²) in [6, 6.07) is 13.0. The van der Waals surface area contributed by atoms with Gasteiger partial charge in [0.15, 0.2) is 0 Å². The van der Waals surface area contributed by atoms with Crippen LogP contribution in [0, 0.1) is 11.3 Å². The monoisotopic (exact) mass is 259 g/mol. The van der Waals surface area contributed by atoms with Crippen LogP contribution in [-0.2, 0) is 0 Å². The number of nitriles is 1. The molecule has 0 aromatic heterocycles. The maximum atomic E-state index is 8.98. The topological polar surface area (TPSA) is 39.1 Å². The molecule has 0 radical (unpaired) electrons. The summed E-state index contributed by atoms with van der Waals surface area (Å²) in [6.07, 6.45) is 0.507. The minimum absolute atomic E-state index is 0.122. The average Bonchev–Trinajstić information content (AvgIpc) is 2.45. The Morgan fingerprint density at radius 3 is 2.37 bits per heavy atom. The van der Waals surface area contributed by atoms with Crippen LogP contribution >= 0.6 is 0 Å². The van der Waals surface area contributed by atoms with Crippen molar-refractivity contribution in [3.8, 4) is 6.07 Å². The van der Waals surface area contributed by atoms with Gasteiger partial charge in [0.25, 0.3) is 0 Å². The molecule has 0 saturated carbocycles. The zero-order valence-corrected chi connectivity index (χ0v) is 12.3. The van der Waals surface area contributed by atoms with E-state index in [0.717, 1.165) is 19.6 Å². The molecule has 0 bridgehead atoms. The molecule has 1 N–H and O–H groups in total. The molecule has 1 aromatic carbocycles. The Kier molecular flexibility index (Phi) is 7.17. The number of likely N-dealkylation sites (N-methyl/N-ethyl adjacent to an activating group) is 1. The Hall–Kier alpha value is -1.37. The van der Waals surface area contributed by atoms with Gasteiger partial charge in [-0.25, -0.2) is 0 Å². The Labute approximate surface area is 117 Å². The fraction of sp³-hybridized carbons (Fsp3) is 0.562. The SMILES string of the molecule is CCN(CC)CC(C)NC(CC#N)c1ccccc1. The molecule has 0 aliphatic heterocycles. The molecule has 0 amide bonds. The highest BCUT2D eigenvalue weighted by Gasteiger charge is 2.15. The maximum absolute atomic E-state index is 8.98. The summed E-state index contributed by atoms with van der Waals surface area (Å²) in [7, 11) is 0. The zero-order chi connectivity index (χ0) is 14.1. The van der Waals surface area contributed by atoms with Gasteiger partial charge in [-0.05, 0) is 25.6 Å². The lowest BCUT2D eigenvalue weighted by atomic mass is 10.0. The van der Waals surface area contributed by atoms with Crippen molar-refractivity contribution < 1.29 is 0 Å². The third-order valence-electron chi connectivity index (χ3n) is 3.41. The third-order valence-corrected chi connectivity index (χ3v) is 3.41. The van der Waals surface area contributed by atoms with E-state index in [2.05, 4.69) is 49.2 Å². The van der Waals surface area contributed by atoms with Crippen molar-refractivity contribution in [1.82, 2.24) is 10.2 Å². The number of benzene rings is 1. The van der Waals surface area contributed by atoms with E-state index >= 15 is 0 Å². The molecule has 19 heavy (non-hydrogen) atoms. The van der Waals surface area contributed by atoms with Crippen molar-refractivity contribution in [2.45, 2.75) is 39.3 Å². The van der Waals surface area contributed by atoms with Gasteiger partial charge in [0, 0.05) is 18.6 Å².